The number of nitrogens with one attached hydrogen (secondary N) is 2. The van der Waals surface area contributed by atoms with Crippen molar-refractivity contribution in [1.29, 1.82) is 0 Å². The van der Waals surface area contributed by atoms with Gasteiger partial charge in [0.1, 0.15) is 11.5 Å². The van der Waals surface area contributed by atoms with E-state index in [9.17, 15) is 14.4 Å². The lowest BCUT2D eigenvalue weighted by atomic mass is 9.87. The topological polar surface area (TPSA) is 114 Å². The summed E-state index contributed by atoms with van der Waals surface area (Å²) in [5.41, 5.74) is 1.88. The summed E-state index contributed by atoms with van der Waals surface area (Å²) in [7, 11) is 0. The number of carboxylic acid groups (broad SMARTS) is 1. The Morgan fingerprint density at radius 3 is 2.11 bits per heavy atom. The highest BCUT2D eigenvalue weighted by Crippen LogP contribution is 2.30. The lowest BCUT2D eigenvalue weighted by Crippen LogP contribution is -2.35. The molecular weight excluding hydrogens is 460 g/mol. The van der Waals surface area contributed by atoms with Crippen LogP contribution >= 0.6 is 0 Å². The lowest BCUT2D eigenvalue weighted by Gasteiger charge is -2.27. The summed E-state index contributed by atoms with van der Waals surface area (Å²) >= 11 is 0. The van der Waals surface area contributed by atoms with Gasteiger partial charge in [0, 0.05) is 24.2 Å². The molecule has 0 heterocycles. The number of rotatable bonds is 11. The molecule has 0 saturated heterocycles. The summed E-state index contributed by atoms with van der Waals surface area (Å²) in [5, 5.41) is 14.8. The van der Waals surface area contributed by atoms with Crippen molar-refractivity contribution in [3.8, 4) is 11.5 Å². The Labute approximate surface area is 211 Å². The number of hydrogen-bond donors (Lipinski definition) is 3. The van der Waals surface area contributed by atoms with Crippen LogP contribution in [-0.4, -0.2) is 48.7 Å². The van der Waals surface area contributed by atoms with Crippen LogP contribution in [0.5, 0.6) is 11.5 Å². The molecule has 2 fully saturated rings. The molecule has 0 radical (unpaired) electrons. The smallest absolute Gasteiger partial charge is 0.306 e. The molecule has 0 bridgehead atoms. The summed E-state index contributed by atoms with van der Waals surface area (Å²) in [6, 6.07) is 12.4. The van der Waals surface area contributed by atoms with Gasteiger partial charge in [-0.3, -0.25) is 14.4 Å². The number of hydrogen-bond acceptors (Lipinski definition) is 5. The van der Waals surface area contributed by atoms with Crippen molar-refractivity contribution in [2.75, 3.05) is 19.7 Å². The molecule has 2 aliphatic rings. The summed E-state index contributed by atoms with van der Waals surface area (Å²) < 4.78 is 11.7. The Hall–Kier alpha value is -3.55. The Balaban J connectivity index is 1.17. The van der Waals surface area contributed by atoms with E-state index in [0.717, 1.165) is 17.9 Å². The van der Waals surface area contributed by atoms with E-state index in [1.54, 1.807) is 36.4 Å². The third kappa shape index (κ3) is 7.23. The number of amides is 2. The zero-order valence-corrected chi connectivity index (χ0v) is 20.6. The van der Waals surface area contributed by atoms with Gasteiger partial charge in [-0.25, -0.2) is 0 Å². The Morgan fingerprint density at radius 1 is 0.861 bits per heavy atom. The van der Waals surface area contributed by atoms with Crippen molar-refractivity contribution in [2.24, 2.45) is 11.8 Å². The highest BCUT2D eigenvalue weighted by molar-refractivity contribution is 5.96. The minimum Gasteiger partial charge on any atom is -0.493 e. The molecule has 2 aromatic carbocycles. The van der Waals surface area contributed by atoms with Crippen LogP contribution in [0.1, 0.15) is 64.8 Å². The highest BCUT2D eigenvalue weighted by Gasteiger charge is 2.27. The molecule has 2 aromatic rings. The van der Waals surface area contributed by atoms with E-state index in [2.05, 4.69) is 10.6 Å². The van der Waals surface area contributed by atoms with Crippen LogP contribution in [0, 0.1) is 18.8 Å². The van der Waals surface area contributed by atoms with Crippen LogP contribution in [0.4, 0.5) is 0 Å². The van der Waals surface area contributed by atoms with Crippen LogP contribution in [0.3, 0.4) is 0 Å². The van der Waals surface area contributed by atoms with Crippen LogP contribution < -0.4 is 20.1 Å². The molecule has 2 saturated carbocycles. The molecule has 192 valence electrons. The largest absolute Gasteiger partial charge is 0.493 e. The number of aryl methyl sites for hydroxylation is 1. The highest BCUT2D eigenvalue weighted by atomic mass is 16.5. The second-order valence-electron chi connectivity index (χ2n) is 9.70. The van der Waals surface area contributed by atoms with Crippen LogP contribution in [0.25, 0.3) is 0 Å². The minimum absolute atomic E-state index is 0.00486. The van der Waals surface area contributed by atoms with Crippen LogP contribution in [0.15, 0.2) is 42.5 Å². The fraction of sp³-hybridized carbons (Fsp3) is 0.464. The first-order valence-electron chi connectivity index (χ1n) is 12.7. The van der Waals surface area contributed by atoms with E-state index in [0.29, 0.717) is 61.6 Å². The van der Waals surface area contributed by atoms with Crippen molar-refractivity contribution in [1.82, 2.24) is 10.6 Å². The first-order valence-corrected chi connectivity index (χ1v) is 12.7. The average Bonchev–Trinajstić information content (AvgIpc) is 3.70. The second kappa shape index (κ2) is 11.9. The fourth-order valence-corrected chi connectivity index (χ4v) is 4.33. The number of carboxylic acids is 1. The number of aliphatic carboxylic acids is 1. The Morgan fingerprint density at radius 2 is 1.50 bits per heavy atom. The first-order chi connectivity index (χ1) is 17.4. The summed E-state index contributed by atoms with van der Waals surface area (Å²) in [6.45, 7) is 3.19. The molecule has 0 aliphatic heterocycles. The Kier molecular flexibility index (Phi) is 8.46. The molecule has 8 heteroatoms. The molecule has 2 amide bonds. The number of ether oxygens (including phenoxy) is 2. The average molecular weight is 495 g/mol. The summed E-state index contributed by atoms with van der Waals surface area (Å²) in [5.74, 6) is 0.694. The van der Waals surface area contributed by atoms with E-state index in [1.165, 1.54) is 12.8 Å². The normalized spacial score (nSPS) is 19.2. The molecule has 36 heavy (non-hydrogen) atoms. The van der Waals surface area contributed by atoms with Gasteiger partial charge in [0.25, 0.3) is 11.8 Å². The van der Waals surface area contributed by atoms with Gasteiger partial charge in [-0.15, -0.1) is 0 Å². The molecule has 0 atom stereocenters. The standard InChI is InChI=1S/C28H34N2O6/c1-18-16-24(36-23-10-6-21(7-11-23)28(33)34)12-13-25(18)27(32)30-15-14-29-26(31)20-4-8-22(9-5-20)35-17-19-2-3-19/h4-5,8-9,12-13,16,19,21,23H,2-3,6-7,10-11,14-15,17H2,1H3,(H,29,31)(H,30,32)(H,33,34). The van der Waals surface area contributed by atoms with E-state index in [1.807, 2.05) is 13.0 Å². The molecule has 0 aromatic heterocycles. The molecule has 0 spiro atoms. The molecule has 2 aliphatic carbocycles. The van der Waals surface area contributed by atoms with Crippen molar-refractivity contribution in [3.05, 3.63) is 59.2 Å². The van der Waals surface area contributed by atoms with Crippen LogP contribution in [-0.2, 0) is 4.79 Å². The maximum absolute atomic E-state index is 12.6. The predicted molar refractivity (Wildman–Crippen MR) is 135 cm³/mol. The number of benzene rings is 2. The summed E-state index contributed by atoms with van der Waals surface area (Å²) in [4.78, 5) is 36.0. The van der Waals surface area contributed by atoms with Crippen molar-refractivity contribution in [3.63, 3.8) is 0 Å². The molecular formula is C28H34N2O6. The van der Waals surface area contributed by atoms with E-state index in [-0.39, 0.29) is 23.8 Å². The van der Waals surface area contributed by atoms with Gasteiger partial charge >= 0.3 is 5.97 Å². The molecule has 3 N–H and O–H groups in total. The fourth-order valence-electron chi connectivity index (χ4n) is 4.33. The van der Waals surface area contributed by atoms with E-state index in [4.69, 9.17) is 14.6 Å². The summed E-state index contributed by atoms with van der Waals surface area (Å²) in [6.07, 6.45) is 5.12. The van der Waals surface area contributed by atoms with E-state index >= 15 is 0 Å². The predicted octanol–water partition coefficient (Wildman–Crippen LogP) is 3.97. The second-order valence-corrected chi connectivity index (χ2v) is 9.70. The first kappa shape index (κ1) is 25.5. The van der Waals surface area contributed by atoms with Crippen molar-refractivity contribution < 1.29 is 29.0 Å². The van der Waals surface area contributed by atoms with Crippen molar-refractivity contribution >= 4 is 17.8 Å². The van der Waals surface area contributed by atoms with Gasteiger partial charge in [-0.1, -0.05) is 0 Å². The number of carbonyl (C=O) groups excluding carboxylic acids is 2. The number of carbonyl (C=O) groups is 3. The molecule has 4 rings (SSSR count). The quantitative estimate of drug-likeness (QED) is 0.408. The zero-order valence-electron chi connectivity index (χ0n) is 20.6. The van der Waals surface area contributed by atoms with Gasteiger partial charge < -0.3 is 25.2 Å². The SMILES string of the molecule is Cc1cc(OC2CCC(C(=O)O)CC2)ccc1C(=O)NCCNC(=O)c1ccc(OCC2CC2)cc1. The van der Waals surface area contributed by atoms with Gasteiger partial charge in [-0.05, 0) is 99.4 Å². The Bertz CT molecular complexity index is 1070. The van der Waals surface area contributed by atoms with Gasteiger partial charge in [0.05, 0.1) is 18.6 Å². The monoisotopic (exact) mass is 494 g/mol. The lowest BCUT2D eigenvalue weighted by molar-refractivity contribution is -0.143. The van der Waals surface area contributed by atoms with E-state index < -0.39 is 5.97 Å². The van der Waals surface area contributed by atoms with Gasteiger partial charge in [0.2, 0.25) is 0 Å². The van der Waals surface area contributed by atoms with Gasteiger partial charge in [-0.2, -0.15) is 0 Å². The third-order valence-electron chi connectivity index (χ3n) is 6.76. The molecule has 8 nitrogen and oxygen atoms in total. The maximum atomic E-state index is 12.6. The van der Waals surface area contributed by atoms with Crippen molar-refractivity contribution in [2.45, 2.75) is 51.6 Å². The molecule has 0 unspecified atom stereocenters. The third-order valence-corrected chi connectivity index (χ3v) is 6.76. The van der Waals surface area contributed by atoms with Gasteiger partial charge in [0.15, 0.2) is 0 Å². The maximum Gasteiger partial charge on any atom is 0.306 e. The van der Waals surface area contributed by atoms with Crippen LogP contribution in [0.2, 0.25) is 0 Å². The zero-order chi connectivity index (χ0) is 25.5. The minimum atomic E-state index is -0.734.